The highest BCUT2D eigenvalue weighted by atomic mass is 127. The molecule has 0 aromatic heterocycles. The van der Waals surface area contributed by atoms with Crippen LogP contribution in [0.1, 0.15) is 6.42 Å². The van der Waals surface area contributed by atoms with Crippen LogP contribution in [-0.2, 0) is 4.79 Å². The Balaban J connectivity index is 2.44. The SMILES string of the molecule is O=C1CC(O)CN1c1c(F)cc(Cl)cc1I. The van der Waals surface area contributed by atoms with E-state index in [1.807, 2.05) is 22.6 Å². The van der Waals surface area contributed by atoms with Gasteiger partial charge in [-0.3, -0.25) is 4.79 Å². The number of benzene rings is 1. The first-order valence-corrected chi connectivity index (χ1v) is 6.07. The van der Waals surface area contributed by atoms with Crippen molar-refractivity contribution in [1.29, 1.82) is 0 Å². The van der Waals surface area contributed by atoms with Crippen LogP contribution in [0.2, 0.25) is 5.02 Å². The molecule has 1 fully saturated rings. The van der Waals surface area contributed by atoms with Crippen LogP contribution in [0.4, 0.5) is 10.1 Å². The zero-order chi connectivity index (χ0) is 11.9. The van der Waals surface area contributed by atoms with Gasteiger partial charge < -0.3 is 10.0 Å². The van der Waals surface area contributed by atoms with E-state index in [2.05, 4.69) is 0 Å². The molecule has 1 heterocycles. The molecule has 1 aliphatic rings. The van der Waals surface area contributed by atoms with E-state index in [1.54, 1.807) is 6.07 Å². The lowest BCUT2D eigenvalue weighted by Gasteiger charge is -2.18. The van der Waals surface area contributed by atoms with Crippen molar-refractivity contribution < 1.29 is 14.3 Å². The summed E-state index contributed by atoms with van der Waals surface area (Å²) in [6.45, 7) is 0.132. The van der Waals surface area contributed by atoms with Gasteiger partial charge in [0.25, 0.3) is 0 Å². The molecule has 2 rings (SSSR count). The average Bonchev–Trinajstić information content (AvgIpc) is 2.43. The lowest BCUT2D eigenvalue weighted by atomic mass is 10.3. The summed E-state index contributed by atoms with van der Waals surface area (Å²) in [6.07, 6.45) is -0.684. The van der Waals surface area contributed by atoms with Crippen molar-refractivity contribution in [3.8, 4) is 0 Å². The van der Waals surface area contributed by atoms with Gasteiger partial charge in [-0.05, 0) is 34.7 Å². The Morgan fingerprint density at radius 3 is 2.75 bits per heavy atom. The van der Waals surface area contributed by atoms with E-state index in [0.29, 0.717) is 3.57 Å². The lowest BCUT2D eigenvalue weighted by molar-refractivity contribution is -0.117. The largest absolute Gasteiger partial charge is 0.391 e. The standard InChI is InChI=1S/C10H8ClFINO2/c11-5-1-7(12)10(8(13)2-5)14-4-6(15)3-9(14)16/h1-2,6,15H,3-4H2. The van der Waals surface area contributed by atoms with Crippen LogP contribution in [0.3, 0.4) is 0 Å². The minimum absolute atomic E-state index is 0.0398. The molecule has 0 aliphatic carbocycles. The summed E-state index contributed by atoms with van der Waals surface area (Å²) in [4.78, 5) is 12.8. The third-order valence-electron chi connectivity index (χ3n) is 2.36. The first-order chi connectivity index (χ1) is 7.49. The molecule has 86 valence electrons. The van der Waals surface area contributed by atoms with Crippen molar-refractivity contribution in [1.82, 2.24) is 0 Å². The highest BCUT2D eigenvalue weighted by Crippen LogP contribution is 2.32. The Hall–Kier alpha value is -0.400. The molecule has 1 unspecified atom stereocenters. The summed E-state index contributed by atoms with van der Waals surface area (Å²) in [5.41, 5.74) is 0.201. The number of halogens is 3. The Morgan fingerprint density at radius 1 is 1.56 bits per heavy atom. The maximum Gasteiger partial charge on any atom is 0.229 e. The van der Waals surface area contributed by atoms with Gasteiger partial charge in [-0.2, -0.15) is 0 Å². The van der Waals surface area contributed by atoms with E-state index in [0.717, 1.165) is 6.07 Å². The number of carbonyl (C=O) groups excluding carboxylic acids is 1. The van der Waals surface area contributed by atoms with Crippen molar-refractivity contribution in [2.75, 3.05) is 11.4 Å². The number of anilines is 1. The molecule has 1 aromatic rings. The molecule has 1 saturated heterocycles. The van der Waals surface area contributed by atoms with E-state index in [-0.39, 0.29) is 29.6 Å². The van der Waals surface area contributed by atoms with Gasteiger partial charge in [0.1, 0.15) is 5.82 Å². The van der Waals surface area contributed by atoms with Crippen LogP contribution in [-0.4, -0.2) is 23.7 Å². The van der Waals surface area contributed by atoms with Crippen molar-refractivity contribution in [2.45, 2.75) is 12.5 Å². The maximum absolute atomic E-state index is 13.7. The predicted molar refractivity (Wildman–Crippen MR) is 67.1 cm³/mol. The second kappa shape index (κ2) is 4.46. The second-order valence-corrected chi connectivity index (χ2v) is 5.18. The molecule has 0 spiro atoms. The van der Waals surface area contributed by atoms with Gasteiger partial charge in [-0.15, -0.1) is 0 Å². The number of aliphatic hydroxyl groups is 1. The molecule has 1 amide bonds. The second-order valence-electron chi connectivity index (χ2n) is 3.58. The summed E-state index contributed by atoms with van der Waals surface area (Å²) in [5, 5.41) is 9.64. The van der Waals surface area contributed by atoms with Gasteiger partial charge in [-0.25, -0.2) is 4.39 Å². The molecular weight excluding hydrogens is 347 g/mol. The van der Waals surface area contributed by atoms with Gasteiger partial charge >= 0.3 is 0 Å². The van der Waals surface area contributed by atoms with E-state index in [9.17, 15) is 14.3 Å². The number of hydrogen-bond donors (Lipinski definition) is 1. The zero-order valence-corrected chi connectivity index (χ0v) is 11.0. The monoisotopic (exact) mass is 355 g/mol. The molecule has 1 atom stereocenters. The minimum atomic E-state index is -0.724. The van der Waals surface area contributed by atoms with E-state index in [4.69, 9.17) is 11.6 Å². The van der Waals surface area contributed by atoms with Gasteiger partial charge in [0.2, 0.25) is 5.91 Å². The maximum atomic E-state index is 13.7. The molecular formula is C10H8ClFINO2. The number of nitrogens with zero attached hydrogens (tertiary/aromatic N) is 1. The summed E-state index contributed by atoms with van der Waals surface area (Å²) >= 11 is 7.61. The third kappa shape index (κ3) is 2.16. The van der Waals surface area contributed by atoms with Crippen LogP contribution in [0.5, 0.6) is 0 Å². The summed E-state index contributed by atoms with van der Waals surface area (Å²) < 4.78 is 14.3. The molecule has 1 aliphatic heterocycles. The summed E-state index contributed by atoms with van der Waals surface area (Å²) in [5.74, 6) is -0.814. The van der Waals surface area contributed by atoms with E-state index in [1.165, 1.54) is 4.90 Å². The number of amides is 1. The van der Waals surface area contributed by atoms with E-state index >= 15 is 0 Å². The first kappa shape index (κ1) is 12.1. The number of hydrogen-bond acceptors (Lipinski definition) is 2. The molecule has 6 heteroatoms. The third-order valence-corrected chi connectivity index (χ3v) is 3.40. The molecule has 0 radical (unpaired) electrons. The smallest absolute Gasteiger partial charge is 0.229 e. The molecule has 3 nitrogen and oxygen atoms in total. The fourth-order valence-corrected chi connectivity index (χ4v) is 2.97. The van der Waals surface area contributed by atoms with Gasteiger partial charge in [0.15, 0.2) is 0 Å². The van der Waals surface area contributed by atoms with Gasteiger partial charge in [0, 0.05) is 8.59 Å². The molecule has 0 bridgehead atoms. The van der Waals surface area contributed by atoms with Crippen LogP contribution in [0.25, 0.3) is 0 Å². The number of carbonyl (C=O) groups is 1. The Labute approximate surface area is 110 Å². The quantitative estimate of drug-likeness (QED) is 0.785. The number of rotatable bonds is 1. The summed E-state index contributed by atoms with van der Waals surface area (Å²) in [7, 11) is 0. The highest BCUT2D eigenvalue weighted by Gasteiger charge is 2.32. The summed E-state index contributed by atoms with van der Waals surface area (Å²) in [6, 6.07) is 2.75. The zero-order valence-electron chi connectivity index (χ0n) is 8.08. The number of β-amino-alcohol motifs (C(OH)–C–C–N with tert-alkyl or cyclic N) is 1. The van der Waals surface area contributed by atoms with Crippen LogP contribution in [0, 0.1) is 9.39 Å². The Bertz CT molecular complexity index is 431. The molecule has 1 N–H and O–H groups in total. The topological polar surface area (TPSA) is 40.5 Å². The van der Waals surface area contributed by atoms with Crippen molar-refractivity contribution in [2.24, 2.45) is 0 Å². The van der Waals surface area contributed by atoms with E-state index < -0.39 is 11.9 Å². The van der Waals surface area contributed by atoms with Crippen LogP contribution in [0.15, 0.2) is 12.1 Å². The van der Waals surface area contributed by atoms with Crippen molar-refractivity contribution in [3.05, 3.63) is 26.5 Å². The van der Waals surface area contributed by atoms with Gasteiger partial charge in [-0.1, -0.05) is 11.6 Å². The lowest BCUT2D eigenvalue weighted by Crippen LogP contribution is -2.27. The Morgan fingerprint density at radius 2 is 2.25 bits per heavy atom. The fourth-order valence-electron chi connectivity index (χ4n) is 1.70. The molecule has 0 saturated carbocycles. The van der Waals surface area contributed by atoms with Crippen molar-refractivity contribution >= 4 is 45.8 Å². The highest BCUT2D eigenvalue weighted by molar-refractivity contribution is 14.1. The van der Waals surface area contributed by atoms with Crippen LogP contribution >= 0.6 is 34.2 Å². The average molecular weight is 356 g/mol. The number of aliphatic hydroxyl groups excluding tert-OH is 1. The normalized spacial score (nSPS) is 20.6. The van der Waals surface area contributed by atoms with Crippen LogP contribution < -0.4 is 4.90 Å². The predicted octanol–water partition coefficient (Wildman–Crippen LogP) is 2.18. The Kier molecular flexibility index (Phi) is 3.37. The minimum Gasteiger partial charge on any atom is -0.391 e. The fraction of sp³-hybridized carbons (Fsp3) is 0.300. The van der Waals surface area contributed by atoms with Crippen molar-refractivity contribution in [3.63, 3.8) is 0 Å². The first-order valence-electron chi connectivity index (χ1n) is 4.62. The molecule has 1 aromatic carbocycles. The van der Waals surface area contributed by atoms with Gasteiger partial charge in [0.05, 0.1) is 24.8 Å². The molecule has 16 heavy (non-hydrogen) atoms.